The molecule has 0 aromatic heterocycles. The third kappa shape index (κ3) is 4.23. The lowest BCUT2D eigenvalue weighted by Gasteiger charge is -2.26. The van der Waals surface area contributed by atoms with Gasteiger partial charge in [-0.2, -0.15) is 0 Å². The molecule has 1 aromatic rings. The van der Waals surface area contributed by atoms with E-state index in [1.807, 2.05) is 18.2 Å². The minimum Gasteiger partial charge on any atom is -0.496 e. The summed E-state index contributed by atoms with van der Waals surface area (Å²) in [5.74, 6) is 1.67. The van der Waals surface area contributed by atoms with E-state index in [4.69, 9.17) is 15.2 Å². The van der Waals surface area contributed by atoms with E-state index >= 15 is 0 Å². The Morgan fingerprint density at radius 1 is 1.43 bits per heavy atom. The lowest BCUT2D eigenvalue weighted by molar-refractivity contribution is 0.103. The Labute approximate surface area is 126 Å². The van der Waals surface area contributed by atoms with Crippen LogP contribution in [0.5, 0.6) is 5.75 Å². The summed E-state index contributed by atoms with van der Waals surface area (Å²) < 4.78 is 11.0. The summed E-state index contributed by atoms with van der Waals surface area (Å²) in [5.41, 5.74) is 7.94. The third-order valence-electron chi connectivity index (χ3n) is 3.63. The predicted molar refractivity (Wildman–Crippen MR) is 86.2 cm³/mol. The van der Waals surface area contributed by atoms with Crippen LogP contribution in [0, 0.1) is 0 Å². The predicted octanol–water partition coefficient (Wildman–Crippen LogP) is 3.37. The number of allylic oxidation sites excluding steroid dienone is 4. The van der Waals surface area contributed by atoms with Crippen molar-refractivity contribution in [2.75, 3.05) is 13.7 Å². The number of nitrogens with two attached hydrogens (primary N) is 1. The molecule has 3 heteroatoms. The number of ether oxygens (including phenoxy) is 2. The second-order valence-electron chi connectivity index (χ2n) is 5.07. The number of hydrogen-bond donors (Lipinski definition) is 1. The number of benzene rings is 1. The molecule has 0 aliphatic carbocycles. The van der Waals surface area contributed by atoms with E-state index in [0.29, 0.717) is 6.54 Å². The van der Waals surface area contributed by atoms with Gasteiger partial charge < -0.3 is 15.2 Å². The summed E-state index contributed by atoms with van der Waals surface area (Å²) in [7, 11) is 1.70. The second kappa shape index (κ2) is 7.70. The van der Waals surface area contributed by atoms with Crippen LogP contribution in [-0.4, -0.2) is 19.8 Å². The lowest BCUT2D eigenvalue weighted by atomic mass is 10.0. The van der Waals surface area contributed by atoms with Gasteiger partial charge in [0, 0.05) is 6.54 Å². The fourth-order valence-electron chi connectivity index (χ4n) is 2.38. The van der Waals surface area contributed by atoms with Crippen molar-refractivity contribution in [3.63, 3.8) is 0 Å². The van der Waals surface area contributed by atoms with Gasteiger partial charge in [0.15, 0.2) is 0 Å². The van der Waals surface area contributed by atoms with Gasteiger partial charge in [0.05, 0.1) is 7.11 Å². The monoisotopic (exact) mass is 285 g/mol. The van der Waals surface area contributed by atoms with E-state index in [1.165, 1.54) is 5.56 Å². The van der Waals surface area contributed by atoms with E-state index in [9.17, 15) is 0 Å². The Kier molecular flexibility index (Phi) is 5.64. The Morgan fingerprint density at radius 3 is 2.95 bits per heavy atom. The van der Waals surface area contributed by atoms with Gasteiger partial charge in [-0.1, -0.05) is 43.0 Å². The Hall–Kier alpha value is -2.00. The zero-order valence-corrected chi connectivity index (χ0v) is 12.5. The van der Waals surface area contributed by atoms with Crippen LogP contribution in [0.25, 0.3) is 0 Å². The fourth-order valence-corrected chi connectivity index (χ4v) is 2.38. The van der Waals surface area contributed by atoms with E-state index in [-0.39, 0.29) is 6.10 Å². The first kappa shape index (κ1) is 15.4. The van der Waals surface area contributed by atoms with Crippen LogP contribution in [0.2, 0.25) is 0 Å². The molecule has 3 nitrogen and oxygen atoms in total. The number of para-hydroxylation sites is 1. The maximum atomic E-state index is 5.66. The molecule has 0 spiro atoms. The van der Waals surface area contributed by atoms with Crippen molar-refractivity contribution < 1.29 is 9.47 Å². The highest BCUT2D eigenvalue weighted by Crippen LogP contribution is 2.26. The van der Waals surface area contributed by atoms with Crippen LogP contribution < -0.4 is 10.5 Å². The number of rotatable bonds is 5. The molecule has 1 unspecified atom stereocenters. The summed E-state index contributed by atoms with van der Waals surface area (Å²) >= 11 is 0. The summed E-state index contributed by atoms with van der Waals surface area (Å²) in [6.45, 7) is 4.51. The van der Waals surface area contributed by atoms with Gasteiger partial charge in [-0.15, -0.1) is 0 Å². The SMILES string of the molecule is C=C1OC(CN)CC/C1=C/C=C\Cc1ccccc1OC. The molecule has 0 saturated carbocycles. The highest BCUT2D eigenvalue weighted by atomic mass is 16.5. The second-order valence-corrected chi connectivity index (χ2v) is 5.07. The lowest BCUT2D eigenvalue weighted by Crippen LogP contribution is -2.27. The van der Waals surface area contributed by atoms with Crippen LogP contribution in [0.3, 0.4) is 0 Å². The van der Waals surface area contributed by atoms with E-state index in [2.05, 4.69) is 30.9 Å². The molecular weight excluding hydrogens is 262 g/mol. The minimum absolute atomic E-state index is 0.118. The van der Waals surface area contributed by atoms with Gasteiger partial charge in [0.1, 0.15) is 17.6 Å². The average molecular weight is 285 g/mol. The molecule has 1 atom stereocenters. The summed E-state index contributed by atoms with van der Waals surface area (Å²) in [4.78, 5) is 0. The highest BCUT2D eigenvalue weighted by molar-refractivity contribution is 5.35. The van der Waals surface area contributed by atoms with Gasteiger partial charge in [-0.25, -0.2) is 0 Å². The van der Waals surface area contributed by atoms with Crippen molar-refractivity contribution >= 4 is 0 Å². The molecule has 1 fully saturated rings. The Balaban J connectivity index is 1.93. The molecule has 1 aromatic carbocycles. The Morgan fingerprint density at radius 2 is 2.24 bits per heavy atom. The molecule has 1 aliphatic rings. The Bertz CT molecular complexity index is 546. The van der Waals surface area contributed by atoms with E-state index in [1.54, 1.807) is 7.11 Å². The van der Waals surface area contributed by atoms with Crippen LogP contribution in [0.15, 0.2) is 60.4 Å². The standard InChI is InChI=1S/C18H23NO2/c1-14-15(11-12-17(13-19)21-14)7-3-4-8-16-9-5-6-10-18(16)20-2/h3-7,9-10,17H,1,8,11-13,19H2,2H3/b4-3-,15-7-. The summed E-state index contributed by atoms with van der Waals surface area (Å²) in [5, 5.41) is 0. The smallest absolute Gasteiger partial charge is 0.122 e. The van der Waals surface area contributed by atoms with Crippen molar-refractivity contribution in [2.24, 2.45) is 5.73 Å². The first-order chi connectivity index (χ1) is 10.2. The molecule has 2 N–H and O–H groups in total. The van der Waals surface area contributed by atoms with Gasteiger partial charge in [0.25, 0.3) is 0 Å². The number of methoxy groups -OCH3 is 1. The zero-order valence-electron chi connectivity index (χ0n) is 12.5. The maximum absolute atomic E-state index is 5.66. The average Bonchev–Trinajstić information content (AvgIpc) is 2.53. The van der Waals surface area contributed by atoms with Crippen LogP contribution >= 0.6 is 0 Å². The molecule has 1 heterocycles. The molecule has 0 bridgehead atoms. The van der Waals surface area contributed by atoms with Gasteiger partial charge in [-0.3, -0.25) is 0 Å². The highest BCUT2D eigenvalue weighted by Gasteiger charge is 2.18. The first-order valence-corrected chi connectivity index (χ1v) is 7.28. The van der Waals surface area contributed by atoms with E-state index < -0.39 is 0 Å². The summed E-state index contributed by atoms with van der Waals surface area (Å²) in [6, 6.07) is 8.05. The molecule has 0 amide bonds. The van der Waals surface area contributed by atoms with Crippen molar-refractivity contribution in [3.05, 3.63) is 66.0 Å². The van der Waals surface area contributed by atoms with Crippen molar-refractivity contribution in [1.29, 1.82) is 0 Å². The van der Waals surface area contributed by atoms with Gasteiger partial charge in [0.2, 0.25) is 0 Å². The van der Waals surface area contributed by atoms with Gasteiger partial charge >= 0.3 is 0 Å². The minimum atomic E-state index is 0.118. The first-order valence-electron chi connectivity index (χ1n) is 7.28. The summed E-state index contributed by atoms with van der Waals surface area (Å²) in [6.07, 6.45) is 9.14. The topological polar surface area (TPSA) is 44.5 Å². The normalized spacial score (nSPS) is 20.8. The van der Waals surface area contributed by atoms with E-state index in [0.717, 1.165) is 36.3 Å². The van der Waals surface area contributed by atoms with Gasteiger partial charge in [-0.05, 0) is 36.5 Å². The maximum Gasteiger partial charge on any atom is 0.122 e. The van der Waals surface area contributed by atoms with Crippen molar-refractivity contribution in [2.45, 2.75) is 25.4 Å². The largest absolute Gasteiger partial charge is 0.496 e. The quantitative estimate of drug-likeness (QED) is 0.902. The number of hydrogen-bond acceptors (Lipinski definition) is 3. The van der Waals surface area contributed by atoms with Crippen molar-refractivity contribution in [1.82, 2.24) is 0 Å². The molecule has 0 radical (unpaired) electrons. The molecule has 112 valence electrons. The van der Waals surface area contributed by atoms with Crippen LogP contribution in [0.1, 0.15) is 18.4 Å². The molecule has 1 aliphatic heterocycles. The molecule has 1 saturated heterocycles. The van der Waals surface area contributed by atoms with Crippen molar-refractivity contribution in [3.8, 4) is 5.75 Å². The van der Waals surface area contributed by atoms with Crippen LogP contribution in [-0.2, 0) is 11.2 Å². The molecule has 21 heavy (non-hydrogen) atoms. The van der Waals surface area contributed by atoms with Crippen LogP contribution in [0.4, 0.5) is 0 Å². The molecular formula is C18H23NO2. The third-order valence-corrected chi connectivity index (χ3v) is 3.63. The zero-order chi connectivity index (χ0) is 15.1. The fraction of sp³-hybridized carbons (Fsp3) is 0.333. The molecule has 2 rings (SSSR count).